The maximum Gasteiger partial charge on any atom is 0.407 e. The molecule has 0 saturated carbocycles. The van der Waals surface area contributed by atoms with Crippen molar-refractivity contribution in [2.24, 2.45) is 0 Å². The van der Waals surface area contributed by atoms with E-state index in [-0.39, 0.29) is 25.5 Å². The number of fused-ring (bicyclic) bond motifs is 3. The Labute approximate surface area is 185 Å². The summed E-state index contributed by atoms with van der Waals surface area (Å²) in [5, 5.41) is 14.4. The second kappa shape index (κ2) is 9.40. The number of carbonyl (C=O) groups excluding carboxylic acids is 2. The molecule has 1 aliphatic heterocycles. The normalized spacial score (nSPS) is 16.5. The number of amides is 2. The van der Waals surface area contributed by atoms with Crippen LogP contribution < -0.4 is 10.6 Å². The third kappa shape index (κ3) is 4.75. The van der Waals surface area contributed by atoms with Crippen molar-refractivity contribution in [3.05, 3.63) is 59.7 Å². The predicted molar refractivity (Wildman–Crippen MR) is 116 cm³/mol. The Morgan fingerprint density at radius 3 is 2.19 bits per heavy atom. The van der Waals surface area contributed by atoms with Gasteiger partial charge in [0.2, 0.25) is 5.91 Å². The molecule has 0 bridgehead atoms. The number of ether oxygens (including phenoxy) is 2. The van der Waals surface area contributed by atoms with Gasteiger partial charge in [-0.2, -0.15) is 0 Å². The van der Waals surface area contributed by atoms with Gasteiger partial charge in [-0.3, -0.25) is 9.59 Å². The van der Waals surface area contributed by atoms with Crippen molar-refractivity contribution in [2.75, 3.05) is 26.4 Å². The van der Waals surface area contributed by atoms with Gasteiger partial charge >= 0.3 is 12.1 Å². The first-order valence-corrected chi connectivity index (χ1v) is 10.7. The van der Waals surface area contributed by atoms with Gasteiger partial charge in [-0.15, -0.1) is 0 Å². The summed E-state index contributed by atoms with van der Waals surface area (Å²) in [5.74, 6) is -1.51. The molecule has 0 aromatic heterocycles. The summed E-state index contributed by atoms with van der Waals surface area (Å²) in [6, 6.07) is 16.1. The van der Waals surface area contributed by atoms with Gasteiger partial charge in [-0.05, 0) is 35.1 Å². The summed E-state index contributed by atoms with van der Waals surface area (Å²) in [6.07, 6.45) is -0.0554. The number of alkyl carbamates (subject to hydrolysis) is 1. The zero-order valence-electron chi connectivity index (χ0n) is 17.6. The van der Waals surface area contributed by atoms with E-state index in [2.05, 4.69) is 22.8 Å². The Morgan fingerprint density at radius 2 is 1.59 bits per heavy atom. The van der Waals surface area contributed by atoms with Crippen molar-refractivity contribution in [3.63, 3.8) is 0 Å². The zero-order valence-corrected chi connectivity index (χ0v) is 17.6. The summed E-state index contributed by atoms with van der Waals surface area (Å²) in [7, 11) is 0. The SMILES string of the molecule is O=C(O)CC1(NC(=O)CNC(=O)OCC2c3ccccc3-c3ccccc32)CCOCC1. The van der Waals surface area contributed by atoms with Gasteiger partial charge in [0.05, 0.1) is 12.0 Å². The molecule has 4 rings (SSSR count). The van der Waals surface area contributed by atoms with Crippen LogP contribution >= 0.6 is 0 Å². The van der Waals surface area contributed by atoms with Crippen molar-refractivity contribution in [1.29, 1.82) is 0 Å². The third-order valence-corrected chi connectivity index (χ3v) is 6.08. The van der Waals surface area contributed by atoms with E-state index in [4.69, 9.17) is 9.47 Å². The Kier molecular flexibility index (Phi) is 6.41. The first-order chi connectivity index (χ1) is 15.5. The smallest absolute Gasteiger partial charge is 0.407 e. The molecule has 1 saturated heterocycles. The summed E-state index contributed by atoms with van der Waals surface area (Å²) in [6.45, 7) is 0.626. The summed E-state index contributed by atoms with van der Waals surface area (Å²) in [4.78, 5) is 35.9. The lowest BCUT2D eigenvalue weighted by Crippen LogP contribution is -2.55. The minimum absolute atomic E-state index is 0.0666. The summed E-state index contributed by atoms with van der Waals surface area (Å²) < 4.78 is 10.7. The van der Waals surface area contributed by atoms with Crippen LogP contribution in [0.5, 0.6) is 0 Å². The molecule has 168 valence electrons. The monoisotopic (exact) mass is 438 g/mol. The van der Waals surface area contributed by atoms with E-state index in [1.54, 1.807) is 0 Å². The highest BCUT2D eigenvalue weighted by atomic mass is 16.5. The topological polar surface area (TPSA) is 114 Å². The number of hydrogen-bond donors (Lipinski definition) is 3. The van der Waals surface area contributed by atoms with Gasteiger partial charge in [0.25, 0.3) is 0 Å². The van der Waals surface area contributed by atoms with Gasteiger partial charge in [0.1, 0.15) is 13.2 Å². The molecule has 2 aromatic rings. The lowest BCUT2D eigenvalue weighted by molar-refractivity contribution is -0.140. The van der Waals surface area contributed by atoms with Gasteiger partial charge < -0.3 is 25.2 Å². The van der Waals surface area contributed by atoms with E-state index in [0.29, 0.717) is 26.1 Å². The molecule has 0 spiro atoms. The number of nitrogens with one attached hydrogen (secondary N) is 2. The van der Waals surface area contributed by atoms with E-state index in [9.17, 15) is 19.5 Å². The standard InChI is InChI=1S/C24H26N2O6/c27-21(26-24(13-22(28)29)9-11-31-12-10-24)14-25-23(30)32-15-20-18-7-3-1-5-16(18)17-6-2-4-8-19(17)20/h1-8,20H,9-15H2,(H,25,30)(H,26,27)(H,28,29). The minimum Gasteiger partial charge on any atom is -0.481 e. The van der Waals surface area contributed by atoms with E-state index >= 15 is 0 Å². The number of carboxylic acids is 1. The van der Waals surface area contributed by atoms with Crippen LogP contribution in [-0.4, -0.2) is 55.0 Å². The average Bonchev–Trinajstić information content (AvgIpc) is 3.10. The molecule has 2 aromatic carbocycles. The molecule has 0 radical (unpaired) electrons. The van der Waals surface area contributed by atoms with Crippen molar-refractivity contribution in [3.8, 4) is 11.1 Å². The molecular weight excluding hydrogens is 412 g/mol. The first kappa shape index (κ1) is 21.8. The quantitative estimate of drug-likeness (QED) is 0.613. The molecule has 2 aliphatic rings. The van der Waals surface area contributed by atoms with Gasteiger partial charge in [0.15, 0.2) is 0 Å². The van der Waals surface area contributed by atoms with Crippen LogP contribution in [-0.2, 0) is 19.1 Å². The molecule has 3 N–H and O–H groups in total. The van der Waals surface area contributed by atoms with E-state index in [1.165, 1.54) is 0 Å². The minimum atomic E-state index is -0.989. The second-order valence-electron chi connectivity index (χ2n) is 8.19. The number of carboxylic acid groups (broad SMARTS) is 1. The number of benzene rings is 2. The highest BCUT2D eigenvalue weighted by molar-refractivity contribution is 5.83. The van der Waals surface area contributed by atoms with Crippen LogP contribution in [0.25, 0.3) is 11.1 Å². The molecule has 8 nitrogen and oxygen atoms in total. The largest absolute Gasteiger partial charge is 0.481 e. The number of hydrogen-bond acceptors (Lipinski definition) is 5. The lowest BCUT2D eigenvalue weighted by Gasteiger charge is -2.36. The van der Waals surface area contributed by atoms with Gasteiger partial charge in [-0.25, -0.2) is 4.79 Å². The summed E-state index contributed by atoms with van der Waals surface area (Å²) >= 11 is 0. The third-order valence-electron chi connectivity index (χ3n) is 6.08. The summed E-state index contributed by atoms with van der Waals surface area (Å²) in [5.41, 5.74) is 3.63. The number of rotatable bonds is 7. The van der Waals surface area contributed by atoms with Crippen LogP contribution in [0, 0.1) is 0 Å². The second-order valence-corrected chi connectivity index (χ2v) is 8.19. The Bertz CT molecular complexity index is 970. The van der Waals surface area contributed by atoms with E-state index in [0.717, 1.165) is 22.3 Å². The lowest BCUT2D eigenvalue weighted by atomic mass is 9.86. The highest BCUT2D eigenvalue weighted by Gasteiger charge is 2.36. The highest BCUT2D eigenvalue weighted by Crippen LogP contribution is 2.44. The van der Waals surface area contributed by atoms with Crippen LogP contribution in [0.4, 0.5) is 4.79 Å². The maximum absolute atomic E-state index is 12.4. The molecule has 1 fully saturated rings. The predicted octanol–water partition coefficient (Wildman–Crippen LogP) is 2.67. The molecule has 0 atom stereocenters. The van der Waals surface area contributed by atoms with Gasteiger partial charge in [-0.1, -0.05) is 48.5 Å². The Morgan fingerprint density at radius 1 is 1.00 bits per heavy atom. The molecule has 2 amide bonds. The van der Waals surface area contributed by atoms with Crippen molar-refractivity contribution < 1.29 is 29.0 Å². The zero-order chi connectivity index (χ0) is 22.6. The van der Waals surface area contributed by atoms with Crippen LogP contribution in [0.2, 0.25) is 0 Å². The maximum atomic E-state index is 12.4. The first-order valence-electron chi connectivity index (χ1n) is 10.7. The Hall–Kier alpha value is -3.39. The van der Waals surface area contributed by atoms with Crippen LogP contribution in [0.3, 0.4) is 0 Å². The molecule has 32 heavy (non-hydrogen) atoms. The molecule has 1 heterocycles. The fourth-order valence-corrected chi connectivity index (χ4v) is 4.54. The molecule has 8 heteroatoms. The van der Waals surface area contributed by atoms with E-state index in [1.807, 2.05) is 36.4 Å². The molecule has 1 aliphatic carbocycles. The molecular formula is C24H26N2O6. The van der Waals surface area contributed by atoms with E-state index < -0.39 is 23.5 Å². The van der Waals surface area contributed by atoms with Crippen molar-refractivity contribution in [1.82, 2.24) is 10.6 Å². The Balaban J connectivity index is 1.31. The number of carbonyl (C=O) groups is 3. The molecule has 0 unspecified atom stereocenters. The average molecular weight is 438 g/mol. The fourth-order valence-electron chi connectivity index (χ4n) is 4.54. The number of aliphatic carboxylic acids is 1. The fraction of sp³-hybridized carbons (Fsp3) is 0.375. The van der Waals surface area contributed by atoms with Crippen LogP contribution in [0.15, 0.2) is 48.5 Å². The van der Waals surface area contributed by atoms with Gasteiger partial charge in [0, 0.05) is 19.1 Å². The van der Waals surface area contributed by atoms with Crippen molar-refractivity contribution in [2.45, 2.75) is 30.7 Å². The van der Waals surface area contributed by atoms with Crippen LogP contribution in [0.1, 0.15) is 36.3 Å². The van der Waals surface area contributed by atoms with Crippen molar-refractivity contribution >= 4 is 18.0 Å².